The summed E-state index contributed by atoms with van der Waals surface area (Å²) in [6.07, 6.45) is 4.41. The number of carbonyl (C=O) groups is 1. The van der Waals surface area contributed by atoms with E-state index in [1.54, 1.807) is 0 Å². The fourth-order valence-electron chi connectivity index (χ4n) is 2.68. The SMILES string of the molecule is CC[C@@H]1CC(=O)N(CC2CCNCC2)C1. The van der Waals surface area contributed by atoms with Crippen LogP contribution in [-0.2, 0) is 4.79 Å². The number of nitrogens with one attached hydrogen (secondary N) is 1. The number of hydrogen-bond donors (Lipinski definition) is 1. The second-order valence-electron chi connectivity index (χ2n) is 4.97. The molecule has 0 bridgehead atoms. The lowest BCUT2D eigenvalue weighted by molar-refractivity contribution is -0.128. The van der Waals surface area contributed by atoms with Gasteiger partial charge < -0.3 is 10.2 Å². The molecule has 1 atom stereocenters. The average Bonchev–Trinajstić information content (AvgIpc) is 2.61. The third-order valence-corrected chi connectivity index (χ3v) is 3.81. The molecule has 2 saturated heterocycles. The summed E-state index contributed by atoms with van der Waals surface area (Å²) in [4.78, 5) is 13.8. The van der Waals surface area contributed by atoms with Crippen LogP contribution in [0.2, 0.25) is 0 Å². The van der Waals surface area contributed by atoms with Gasteiger partial charge in [-0.1, -0.05) is 13.3 Å². The van der Waals surface area contributed by atoms with Crippen molar-refractivity contribution in [3.05, 3.63) is 0 Å². The summed E-state index contributed by atoms with van der Waals surface area (Å²) < 4.78 is 0. The van der Waals surface area contributed by atoms with Crippen molar-refractivity contribution in [2.24, 2.45) is 11.8 Å². The molecule has 2 fully saturated rings. The van der Waals surface area contributed by atoms with E-state index in [0.717, 1.165) is 44.9 Å². The predicted octanol–water partition coefficient (Wildman–Crippen LogP) is 1.24. The van der Waals surface area contributed by atoms with Crippen LogP contribution in [-0.4, -0.2) is 37.0 Å². The minimum absolute atomic E-state index is 0.389. The van der Waals surface area contributed by atoms with Gasteiger partial charge in [-0.15, -0.1) is 0 Å². The number of amides is 1. The highest BCUT2D eigenvalue weighted by atomic mass is 16.2. The van der Waals surface area contributed by atoms with Crippen LogP contribution < -0.4 is 5.32 Å². The van der Waals surface area contributed by atoms with Crippen molar-refractivity contribution in [1.29, 1.82) is 0 Å². The molecule has 0 spiro atoms. The number of carbonyl (C=O) groups excluding carboxylic acids is 1. The topological polar surface area (TPSA) is 32.3 Å². The zero-order valence-corrected chi connectivity index (χ0v) is 9.67. The summed E-state index contributed by atoms with van der Waals surface area (Å²) in [6.45, 7) is 6.47. The Morgan fingerprint density at radius 1 is 1.33 bits per heavy atom. The van der Waals surface area contributed by atoms with Crippen LogP contribution in [0.15, 0.2) is 0 Å². The number of likely N-dealkylation sites (tertiary alicyclic amines) is 1. The fraction of sp³-hybridized carbons (Fsp3) is 0.917. The molecule has 1 N–H and O–H groups in total. The van der Waals surface area contributed by atoms with E-state index in [9.17, 15) is 4.79 Å². The smallest absolute Gasteiger partial charge is 0.222 e. The van der Waals surface area contributed by atoms with Crippen LogP contribution in [0.25, 0.3) is 0 Å². The Kier molecular flexibility index (Phi) is 3.62. The average molecular weight is 210 g/mol. The lowest BCUT2D eigenvalue weighted by Gasteiger charge is -2.27. The molecule has 15 heavy (non-hydrogen) atoms. The van der Waals surface area contributed by atoms with E-state index in [2.05, 4.69) is 17.1 Å². The van der Waals surface area contributed by atoms with E-state index >= 15 is 0 Å². The van der Waals surface area contributed by atoms with Crippen molar-refractivity contribution >= 4 is 5.91 Å². The van der Waals surface area contributed by atoms with Gasteiger partial charge in [0, 0.05) is 19.5 Å². The van der Waals surface area contributed by atoms with Gasteiger partial charge in [-0.25, -0.2) is 0 Å². The first-order valence-electron chi connectivity index (χ1n) is 6.28. The van der Waals surface area contributed by atoms with Crippen LogP contribution in [0.5, 0.6) is 0 Å². The summed E-state index contributed by atoms with van der Waals surface area (Å²) in [5, 5.41) is 3.37. The van der Waals surface area contributed by atoms with E-state index in [0.29, 0.717) is 11.8 Å². The van der Waals surface area contributed by atoms with Gasteiger partial charge >= 0.3 is 0 Å². The predicted molar refractivity (Wildman–Crippen MR) is 60.6 cm³/mol. The van der Waals surface area contributed by atoms with Crippen LogP contribution in [0.3, 0.4) is 0 Å². The van der Waals surface area contributed by atoms with Crippen molar-refractivity contribution < 1.29 is 4.79 Å². The number of piperidine rings is 1. The largest absolute Gasteiger partial charge is 0.342 e. The molecule has 2 aliphatic heterocycles. The molecule has 0 aromatic carbocycles. The molecule has 3 heteroatoms. The monoisotopic (exact) mass is 210 g/mol. The van der Waals surface area contributed by atoms with Crippen molar-refractivity contribution in [1.82, 2.24) is 10.2 Å². The lowest BCUT2D eigenvalue weighted by Crippen LogP contribution is -2.36. The van der Waals surface area contributed by atoms with Gasteiger partial charge in [-0.2, -0.15) is 0 Å². The first kappa shape index (κ1) is 10.9. The van der Waals surface area contributed by atoms with Crippen LogP contribution >= 0.6 is 0 Å². The highest BCUT2D eigenvalue weighted by molar-refractivity contribution is 5.78. The number of hydrogen-bond acceptors (Lipinski definition) is 2. The maximum Gasteiger partial charge on any atom is 0.222 e. The first-order chi connectivity index (χ1) is 7.29. The second kappa shape index (κ2) is 4.97. The Bertz CT molecular complexity index is 224. The standard InChI is InChI=1S/C12H22N2O/c1-2-10-7-12(15)14(8-10)9-11-3-5-13-6-4-11/h10-11,13H,2-9H2,1H3/t10-/m1/s1. The minimum Gasteiger partial charge on any atom is -0.342 e. The number of nitrogens with zero attached hydrogens (tertiary/aromatic N) is 1. The summed E-state index contributed by atoms with van der Waals surface area (Å²) in [7, 11) is 0. The second-order valence-corrected chi connectivity index (χ2v) is 4.97. The summed E-state index contributed by atoms with van der Waals surface area (Å²) in [5.74, 6) is 1.76. The maximum atomic E-state index is 11.7. The molecule has 2 rings (SSSR count). The molecule has 3 nitrogen and oxygen atoms in total. The van der Waals surface area contributed by atoms with Crippen LogP contribution in [0.4, 0.5) is 0 Å². The molecule has 1 amide bonds. The van der Waals surface area contributed by atoms with E-state index in [1.165, 1.54) is 12.8 Å². The van der Waals surface area contributed by atoms with Crippen molar-refractivity contribution in [3.63, 3.8) is 0 Å². The summed E-state index contributed by atoms with van der Waals surface area (Å²) in [5.41, 5.74) is 0. The molecule has 2 aliphatic rings. The zero-order valence-electron chi connectivity index (χ0n) is 9.67. The van der Waals surface area contributed by atoms with Gasteiger partial charge in [0.2, 0.25) is 5.91 Å². The van der Waals surface area contributed by atoms with Gasteiger partial charge in [-0.3, -0.25) is 4.79 Å². The Labute approximate surface area is 92.2 Å². The summed E-state index contributed by atoms with van der Waals surface area (Å²) >= 11 is 0. The van der Waals surface area contributed by atoms with Gasteiger partial charge in [0.15, 0.2) is 0 Å². The highest BCUT2D eigenvalue weighted by Gasteiger charge is 2.30. The quantitative estimate of drug-likeness (QED) is 0.760. The molecule has 0 aromatic heterocycles. The number of rotatable bonds is 3. The Balaban J connectivity index is 1.81. The van der Waals surface area contributed by atoms with Crippen molar-refractivity contribution in [2.75, 3.05) is 26.2 Å². The van der Waals surface area contributed by atoms with Crippen LogP contribution in [0, 0.1) is 11.8 Å². The van der Waals surface area contributed by atoms with Gasteiger partial charge in [0.05, 0.1) is 0 Å². The Morgan fingerprint density at radius 2 is 2.07 bits per heavy atom. The third kappa shape index (κ3) is 2.71. The third-order valence-electron chi connectivity index (χ3n) is 3.81. The molecular weight excluding hydrogens is 188 g/mol. The molecule has 0 saturated carbocycles. The Morgan fingerprint density at radius 3 is 2.67 bits per heavy atom. The molecule has 0 aromatic rings. The van der Waals surface area contributed by atoms with E-state index < -0.39 is 0 Å². The Hall–Kier alpha value is -0.570. The molecule has 0 aliphatic carbocycles. The fourth-order valence-corrected chi connectivity index (χ4v) is 2.68. The van der Waals surface area contributed by atoms with E-state index in [-0.39, 0.29) is 0 Å². The van der Waals surface area contributed by atoms with Gasteiger partial charge in [0.25, 0.3) is 0 Å². The normalized spacial score (nSPS) is 28.7. The van der Waals surface area contributed by atoms with Crippen molar-refractivity contribution in [3.8, 4) is 0 Å². The van der Waals surface area contributed by atoms with Crippen LogP contribution in [0.1, 0.15) is 32.6 Å². The van der Waals surface area contributed by atoms with Gasteiger partial charge in [-0.05, 0) is 37.8 Å². The maximum absolute atomic E-state index is 11.7. The molecular formula is C12H22N2O. The molecule has 0 unspecified atom stereocenters. The molecule has 0 radical (unpaired) electrons. The van der Waals surface area contributed by atoms with E-state index in [1.807, 2.05) is 0 Å². The summed E-state index contributed by atoms with van der Waals surface area (Å²) in [6, 6.07) is 0. The zero-order chi connectivity index (χ0) is 10.7. The van der Waals surface area contributed by atoms with E-state index in [4.69, 9.17) is 0 Å². The lowest BCUT2D eigenvalue weighted by atomic mass is 9.97. The molecule has 86 valence electrons. The first-order valence-corrected chi connectivity index (χ1v) is 6.28. The molecule has 2 heterocycles. The van der Waals surface area contributed by atoms with Gasteiger partial charge in [0.1, 0.15) is 0 Å². The minimum atomic E-state index is 0.389. The highest BCUT2D eigenvalue weighted by Crippen LogP contribution is 2.23. The van der Waals surface area contributed by atoms with Crippen molar-refractivity contribution in [2.45, 2.75) is 32.6 Å².